The van der Waals surface area contributed by atoms with Gasteiger partial charge in [-0.25, -0.2) is 13.6 Å². The van der Waals surface area contributed by atoms with Crippen molar-refractivity contribution in [3.05, 3.63) is 64.7 Å². The number of hydrogen-bond donors (Lipinski definition) is 3. The van der Waals surface area contributed by atoms with E-state index in [0.29, 0.717) is 12.2 Å². The molecule has 2 aliphatic heterocycles. The molecule has 2 aromatic carbocycles. The molecule has 0 aromatic heterocycles. The number of benzene rings is 2. The highest BCUT2D eigenvalue weighted by Gasteiger charge is 2.45. The summed E-state index contributed by atoms with van der Waals surface area (Å²) in [5.41, 5.74) is 2.30. The molecule has 0 saturated carbocycles. The maximum atomic E-state index is 14.4. The summed E-state index contributed by atoms with van der Waals surface area (Å²) < 4.78 is 34.8. The highest BCUT2D eigenvalue weighted by molar-refractivity contribution is 6.02. The number of carboxylic acid groups (broad SMARTS) is 1. The van der Waals surface area contributed by atoms with Crippen LogP contribution in [-0.4, -0.2) is 66.6 Å². The number of carbonyl (C=O) groups is 3. The Morgan fingerprint density at radius 1 is 1.16 bits per heavy atom. The van der Waals surface area contributed by atoms with Crippen LogP contribution in [0, 0.1) is 5.92 Å². The van der Waals surface area contributed by atoms with E-state index < -0.39 is 30.4 Å². The number of ether oxygens (including phenoxy) is 1. The lowest BCUT2D eigenvalue weighted by atomic mass is 9.87. The fraction of sp³-hybridized carbons (Fsp3) is 0.444. The van der Waals surface area contributed by atoms with Crippen LogP contribution in [0.2, 0.25) is 0 Å². The third-order valence-corrected chi connectivity index (χ3v) is 7.15. The van der Waals surface area contributed by atoms with Gasteiger partial charge in [-0.2, -0.15) is 0 Å². The number of fused-ring (bicyclic) bond motifs is 1. The van der Waals surface area contributed by atoms with Gasteiger partial charge in [0.25, 0.3) is 17.7 Å². The number of hydrogen-bond acceptors (Lipinski definition) is 4. The van der Waals surface area contributed by atoms with E-state index in [1.54, 1.807) is 6.07 Å². The van der Waals surface area contributed by atoms with Crippen molar-refractivity contribution in [1.82, 2.24) is 15.5 Å². The topological polar surface area (TPSA) is 108 Å². The maximum absolute atomic E-state index is 14.4. The summed E-state index contributed by atoms with van der Waals surface area (Å²) in [5, 5.41) is 14.3. The van der Waals surface area contributed by atoms with Crippen LogP contribution in [-0.2, 0) is 0 Å². The van der Waals surface area contributed by atoms with Crippen LogP contribution >= 0.6 is 0 Å². The minimum Gasteiger partial charge on any atom is -0.489 e. The number of alkyl halides is 2. The predicted octanol–water partition coefficient (Wildman–Crippen LogP) is 4.10. The standard InChI is InChI=1S/C27H31F2N3O5/c1-16-22(17-7-4-3-5-8-17)20-13-18(14-21(23(20)37-16)25(34)30-2)24(33)31-11-6-9-19-10-12-32(26(35)36)15-27(19,28)29/h3-5,7-8,13-14,16,19,22H,6,9-12,15H2,1-2H3,(H,30,34)(H,31,33)(H,35,36)/t16-,19?,22+/m0/s1. The van der Waals surface area contributed by atoms with Crippen molar-refractivity contribution in [1.29, 1.82) is 0 Å². The number of piperidine rings is 1. The van der Waals surface area contributed by atoms with E-state index in [4.69, 9.17) is 9.84 Å². The van der Waals surface area contributed by atoms with E-state index in [0.717, 1.165) is 16.0 Å². The minimum absolute atomic E-state index is 0.0718. The van der Waals surface area contributed by atoms with E-state index >= 15 is 0 Å². The molecule has 3 amide bonds. The van der Waals surface area contributed by atoms with Crippen LogP contribution in [0.15, 0.2) is 42.5 Å². The summed E-state index contributed by atoms with van der Waals surface area (Å²) in [6.07, 6.45) is -1.03. The molecule has 0 radical (unpaired) electrons. The van der Waals surface area contributed by atoms with E-state index in [1.807, 2.05) is 37.3 Å². The lowest BCUT2D eigenvalue weighted by molar-refractivity contribution is -0.106. The predicted molar refractivity (Wildman–Crippen MR) is 132 cm³/mol. The van der Waals surface area contributed by atoms with E-state index in [1.165, 1.54) is 13.1 Å². The molecule has 37 heavy (non-hydrogen) atoms. The third kappa shape index (κ3) is 5.52. The molecule has 0 spiro atoms. The molecule has 1 saturated heterocycles. The quantitative estimate of drug-likeness (QED) is 0.481. The summed E-state index contributed by atoms with van der Waals surface area (Å²) in [5.74, 6) is -4.54. The van der Waals surface area contributed by atoms with Gasteiger partial charge in [-0.05, 0) is 43.9 Å². The lowest BCUT2D eigenvalue weighted by Crippen LogP contribution is -2.50. The zero-order chi connectivity index (χ0) is 26.7. The van der Waals surface area contributed by atoms with Crippen LogP contribution in [0.25, 0.3) is 0 Å². The summed E-state index contributed by atoms with van der Waals surface area (Å²) in [7, 11) is 1.51. The minimum atomic E-state index is -3.10. The number of carbonyl (C=O) groups excluding carboxylic acids is 2. The monoisotopic (exact) mass is 515 g/mol. The highest BCUT2D eigenvalue weighted by Crippen LogP contribution is 2.45. The van der Waals surface area contributed by atoms with Crippen LogP contribution in [0.4, 0.5) is 13.6 Å². The molecule has 8 nitrogen and oxygen atoms in total. The number of amides is 3. The molecule has 3 atom stereocenters. The van der Waals surface area contributed by atoms with Gasteiger partial charge < -0.3 is 25.4 Å². The summed E-state index contributed by atoms with van der Waals surface area (Å²) >= 11 is 0. The Balaban J connectivity index is 1.46. The van der Waals surface area contributed by atoms with Crippen molar-refractivity contribution < 1.29 is 33.0 Å². The van der Waals surface area contributed by atoms with Crippen molar-refractivity contribution >= 4 is 17.9 Å². The Kier molecular flexibility index (Phi) is 7.65. The second-order valence-corrected chi connectivity index (χ2v) is 9.58. The number of halogens is 2. The highest BCUT2D eigenvalue weighted by atomic mass is 19.3. The summed E-state index contributed by atoms with van der Waals surface area (Å²) in [6, 6.07) is 12.9. The van der Waals surface area contributed by atoms with Gasteiger partial charge in [0.15, 0.2) is 0 Å². The first kappa shape index (κ1) is 26.4. The van der Waals surface area contributed by atoms with Crippen LogP contribution in [0.5, 0.6) is 5.75 Å². The van der Waals surface area contributed by atoms with Gasteiger partial charge in [0, 0.05) is 43.1 Å². The largest absolute Gasteiger partial charge is 0.489 e. The molecular weight excluding hydrogens is 484 g/mol. The number of nitrogens with zero attached hydrogens (tertiary/aromatic N) is 1. The second kappa shape index (κ2) is 10.7. The van der Waals surface area contributed by atoms with Crippen molar-refractivity contribution in [2.75, 3.05) is 26.7 Å². The normalized spacial score (nSPS) is 22.1. The molecule has 2 aromatic rings. The number of rotatable bonds is 7. The molecule has 198 valence electrons. The molecule has 1 unspecified atom stereocenters. The van der Waals surface area contributed by atoms with Gasteiger partial charge in [-0.15, -0.1) is 0 Å². The number of nitrogens with one attached hydrogen (secondary N) is 2. The first-order valence-electron chi connectivity index (χ1n) is 12.4. The molecular formula is C27H31F2N3O5. The summed E-state index contributed by atoms with van der Waals surface area (Å²) in [4.78, 5) is 37.4. The first-order chi connectivity index (χ1) is 17.6. The van der Waals surface area contributed by atoms with Gasteiger partial charge in [0.05, 0.1) is 12.1 Å². The molecule has 3 N–H and O–H groups in total. The molecule has 4 rings (SSSR count). The van der Waals surface area contributed by atoms with Crippen molar-refractivity contribution in [3.8, 4) is 5.75 Å². The SMILES string of the molecule is CNC(=O)c1cc(C(=O)NCCCC2CCN(C(=O)O)CC2(F)F)cc2c1O[C@@H](C)[C@@H]2c1ccccc1. The first-order valence-corrected chi connectivity index (χ1v) is 12.4. The van der Waals surface area contributed by atoms with Crippen LogP contribution in [0.1, 0.15) is 63.9 Å². The smallest absolute Gasteiger partial charge is 0.407 e. The van der Waals surface area contributed by atoms with Crippen LogP contribution in [0.3, 0.4) is 0 Å². The second-order valence-electron chi connectivity index (χ2n) is 9.58. The van der Waals surface area contributed by atoms with Crippen LogP contribution < -0.4 is 15.4 Å². The average Bonchev–Trinajstić information content (AvgIpc) is 3.21. The molecule has 2 heterocycles. The molecule has 2 aliphatic rings. The van der Waals surface area contributed by atoms with Crippen molar-refractivity contribution in [2.24, 2.45) is 5.92 Å². The fourth-order valence-electron chi connectivity index (χ4n) is 5.22. The Labute approximate surface area is 214 Å². The zero-order valence-electron chi connectivity index (χ0n) is 20.8. The average molecular weight is 516 g/mol. The fourth-order valence-corrected chi connectivity index (χ4v) is 5.22. The molecule has 0 bridgehead atoms. The molecule has 0 aliphatic carbocycles. The van der Waals surface area contributed by atoms with Crippen molar-refractivity contribution in [3.63, 3.8) is 0 Å². The van der Waals surface area contributed by atoms with Gasteiger partial charge in [-0.3, -0.25) is 9.59 Å². The molecule has 1 fully saturated rings. The van der Waals surface area contributed by atoms with E-state index in [-0.39, 0.29) is 55.0 Å². The Morgan fingerprint density at radius 3 is 2.54 bits per heavy atom. The Hall–Kier alpha value is -3.69. The summed E-state index contributed by atoms with van der Waals surface area (Å²) in [6.45, 7) is 1.36. The van der Waals surface area contributed by atoms with Gasteiger partial charge in [-0.1, -0.05) is 30.3 Å². The van der Waals surface area contributed by atoms with E-state index in [2.05, 4.69) is 10.6 Å². The Morgan fingerprint density at radius 2 is 1.89 bits per heavy atom. The van der Waals surface area contributed by atoms with E-state index in [9.17, 15) is 23.2 Å². The van der Waals surface area contributed by atoms with Gasteiger partial charge >= 0.3 is 6.09 Å². The lowest BCUT2D eigenvalue weighted by Gasteiger charge is -2.37. The van der Waals surface area contributed by atoms with Crippen molar-refractivity contribution in [2.45, 2.75) is 44.1 Å². The third-order valence-electron chi connectivity index (χ3n) is 7.15. The van der Waals surface area contributed by atoms with Gasteiger partial charge in [0.1, 0.15) is 11.9 Å². The Bertz CT molecular complexity index is 1170. The zero-order valence-corrected chi connectivity index (χ0v) is 20.8. The maximum Gasteiger partial charge on any atom is 0.407 e. The number of likely N-dealkylation sites (tertiary alicyclic amines) is 1. The van der Waals surface area contributed by atoms with Gasteiger partial charge in [0.2, 0.25) is 0 Å². The molecule has 10 heteroatoms.